The molecule has 8 nitrogen and oxygen atoms in total. The minimum atomic E-state index is -0.0568. The molecule has 1 saturated carbocycles. The molecule has 2 amide bonds. The Balaban J connectivity index is 1.43. The highest BCUT2D eigenvalue weighted by Crippen LogP contribution is 2.37. The zero-order valence-corrected chi connectivity index (χ0v) is 16.2. The highest BCUT2D eigenvalue weighted by molar-refractivity contribution is 5.82. The average Bonchev–Trinajstić information content (AvgIpc) is 3.28. The zero-order valence-electron chi connectivity index (χ0n) is 16.2. The van der Waals surface area contributed by atoms with E-state index in [2.05, 4.69) is 20.5 Å². The molecule has 4 fully saturated rings. The van der Waals surface area contributed by atoms with Crippen molar-refractivity contribution in [1.29, 1.82) is 0 Å². The number of anilines is 2. The second kappa shape index (κ2) is 6.99. The molecule has 1 aromatic rings. The fraction of sp³-hybridized carbons (Fsp3) is 0.700. The zero-order chi connectivity index (χ0) is 19.1. The van der Waals surface area contributed by atoms with Crippen molar-refractivity contribution in [2.24, 2.45) is 11.3 Å². The summed E-state index contributed by atoms with van der Waals surface area (Å²) in [6, 6.07) is 0.204. The monoisotopic (exact) mass is 384 g/mol. The Labute approximate surface area is 165 Å². The molecular formula is C20H28N6O2. The number of carbonyl (C=O) groups is 2. The van der Waals surface area contributed by atoms with Gasteiger partial charge in [-0.1, -0.05) is 12.8 Å². The van der Waals surface area contributed by atoms with E-state index in [-0.39, 0.29) is 17.9 Å². The third kappa shape index (κ3) is 3.03. The summed E-state index contributed by atoms with van der Waals surface area (Å²) in [4.78, 5) is 37.6. The molecule has 1 aromatic heterocycles. The summed E-state index contributed by atoms with van der Waals surface area (Å²) in [5, 5.41) is 6.25. The second-order valence-corrected chi connectivity index (χ2v) is 8.91. The van der Waals surface area contributed by atoms with E-state index in [4.69, 9.17) is 4.98 Å². The quantitative estimate of drug-likeness (QED) is 0.693. The van der Waals surface area contributed by atoms with Gasteiger partial charge >= 0.3 is 0 Å². The lowest BCUT2D eigenvalue weighted by molar-refractivity contribution is -0.122. The Bertz CT molecular complexity index is 766. The lowest BCUT2D eigenvalue weighted by Gasteiger charge is -2.56. The van der Waals surface area contributed by atoms with Crippen LogP contribution >= 0.6 is 0 Å². The third-order valence-electron chi connectivity index (χ3n) is 6.87. The summed E-state index contributed by atoms with van der Waals surface area (Å²) < 4.78 is 0. The first-order chi connectivity index (χ1) is 13.7. The first-order valence-corrected chi connectivity index (χ1v) is 10.5. The molecule has 1 atom stereocenters. The molecule has 0 aromatic carbocycles. The highest BCUT2D eigenvalue weighted by Gasteiger charge is 2.48. The van der Waals surface area contributed by atoms with Crippen molar-refractivity contribution in [3.05, 3.63) is 11.8 Å². The van der Waals surface area contributed by atoms with Crippen molar-refractivity contribution in [2.75, 3.05) is 42.5 Å². The number of hydrogen-bond acceptors (Lipinski definition) is 6. The van der Waals surface area contributed by atoms with Crippen LogP contribution in [0.25, 0.3) is 0 Å². The molecule has 5 rings (SSSR count). The molecule has 150 valence electrons. The number of carbonyl (C=O) groups excluding carboxylic acids is 2. The van der Waals surface area contributed by atoms with Crippen LogP contribution in [-0.4, -0.2) is 61.1 Å². The van der Waals surface area contributed by atoms with E-state index in [1.54, 1.807) is 4.90 Å². The van der Waals surface area contributed by atoms with Crippen LogP contribution < -0.4 is 20.4 Å². The van der Waals surface area contributed by atoms with Crippen LogP contribution in [0, 0.1) is 11.3 Å². The van der Waals surface area contributed by atoms with E-state index in [1.165, 1.54) is 0 Å². The smallest absolute Gasteiger partial charge is 0.227 e. The summed E-state index contributed by atoms with van der Waals surface area (Å²) in [6.07, 6.45) is 8.51. The number of rotatable bonds is 6. The number of nitrogens with zero attached hydrogens (tertiary/aromatic N) is 4. The first-order valence-electron chi connectivity index (χ1n) is 10.5. The lowest BCUT2D eigenvalue weighted by atomic mass is 9.75. The molecular weight excluding hydrogens is 356 g/mol. The largest absolute Gasteiger partial charge is 0.356 e. The number of nitrogens with one attached hydrogen (secondary N) is 2. The molecule has 4 aliphatic rings. The van der Waals surface area contributed by atoms with Crippen LogP contribution in [0.1, 0.15) is 37.7 Å². The van der Waals surface area contributed by atoms with Crippen LogP contribution in [0.2, 0.25) is 0 Å². The van der Waals surface area contributed by atoms with Gasteiger partial charge in [-0.25, -0.2) is 4.98 Å². The molecule has 3 aliphatic heterocycles. The Hall–Kier alpha value is -2.22. The summed E-state index contributed by atoms with van der Waals surface area (Å²) in [6.45, 7) is 4.78. The minimum absolute atomic E-state index is 0.0568. The maximum atomic E-state index is 12.1. The molecule has 8 heteroatoms. The minimum Gasteiger partial charge on any atom is -0.356 e. The van der Waals surface area contributed by atoms with Crippen LogP contribution in [0.3, 0.4) is 0 Å². The first kappa shape index (κ1) is 17.8. The highest BCUT2D eigenvalue weighted by atomic mass is 16.2. The molecule has 1 aliphatic carbocycles. The maximum Gasteiger partial charge on any atom is 0.227 e. The molecule has 0 bridgehead atoms. The summed E-state index contributed by atoms with van der Waals surface area (Å²) in [5.41, 5.74) is 1.30. The van der Waals surface area contributed by atoms with E-state index >= 15 is 0 Å². The Kier molecular flexibility index (Phi) is 4.45. The van der Waals surface area contributed by atoms with Crippen molar-refractivity contribution < 1.29 is 9.59 Å². The number of hydrogen-bond donors (Lipinski definition) is 2. The van der Waals surface area contributed by atoms with Crippen molar-refractivity contribution in [2.45, 2.75) is 44.6 Å². The molecule has 2 N–H and O–H groups in total. The van der Waals surface area contributed by atoms with Gasteiger partial charge in [0.25, 0.3) is 0 Å². The van der Waals surface area contributed by atoms with Crippen LogP contribution in [0.5, 0.6) is 0 Å². The van der Waals surface area contributed by atoms with Crippen molar-refractivity contribution >= 4 is 24.1 Å². The van der Waals surface area contributed by atoms with E-state index < -0.39 is 0 Å². The molecule has 3 saturated heterocycles. The van der Waals surface area contributed by atoms with Gasteiger partial charge in [-0.05, 0) is 25.7 Å². The predicted octanol–water partition coefficient (Wildman–Crippen LogP) is 0.470. The Morgan fingerprint density at radius 1 is 1.25 bits per heavy atom. The maximum absolute atomic E-state index is 12.1. The second-order valence-electron chi connectivity index (χ2n) is 8.91. The van der Waals surface area contributed by atoms with Gasteiger partial charge in [0.05, 0.1) is 0 Å². The average molecular weight is 384 g/mol. The van der Waals surface area contributed by atoms with Gasteiger partial charge in [-0.3, -0.25) is 14.5 Å². The van der Waals surface area contributed by atoms with Gasteiger partial charge in [0.15, 0.2) is 0 Å². The third-order valence-corrected chi connectivity index (χ3v) is 6.87. The van der Waals surface area contributed by atoms with Crippen molar-refractivity contribution in [1.82, 2.24) is 20.6 Å². The van der Waals surface area contributed by atoms with Gasteiger partial charge in [0.1, 0.15) is 5.82 Å². The Morgan fingerprint density at radius 2 is 2.04 bits per heavy atom. The standard InChI is InChI=1S/C20H28N6O2/c27-13-26(16-3-1-2-4-16)17-15(7-14-5-6-22-18(14)28)8-23-19(24-17)25-11-20(12-25)9-21-10-20/h8,13-14,16,21H,1-7,9-12H2,(H,22,28)/t14-/m0/s1. The predicted molar refractivity (Wildman–Crippen MR) is 105 cm³/mol. The van der Waals surface area contributed by atoms with E-state index in [0.717, 1.165) is 76.8 Å². The van der Waals surface area contributed by atoms with Gasteiger partial charge in [-0.2, -0.15) is 4.98 Å². The van der Waals surface area contributed by atoms with E-state index in [0.29, 0.717) is 23.6 Å². The van der Waals surface area contributed by atoms with Crippen LogP contribution in [0.4, 0.5) is 11.8 Å². The van der Waals surface area contributed by atoms with Crippen molar-refractivity contribution in [3.63, 3.8) is 0 Å². The van der Waals surface area contributed by atoms with E-state index in [1.807, 2.05) is 6.20 Å². The molecule has 4 heterocycles. The lowest BCUT2D eigenvalue weighted by Crippen LogP contribution is -2.71. The van der Waals surface area contributed by atoms with Gasteiger partial charge < -0.3 is 15.5 Å². The number of amides is 2. The summed E-state index contributed by atoms with van der Waals surface area (Å²) in [7, 11) is 0. The fourth-order valence-electron chi connectivity index (χ4n) is 5.11. The SMILES string of the molecule is O=CN(c1nc(N2CC3(CNC3)C2)ncc1C[C@@H]1CCNC1=O)C1CCCC1. The van der Waals surface area contributed by atoms with Gasteiger partial charge in [-0.15, -0.1) is 0 Å². The van der Waals surface area contributed by atoms with Gasteiger partial charge in [0, 0.05) is 61.9 Å². The van der Waals surface area contributed by atoms with Gasteiger partial charge in [0.2, 0.25) is 18.3 Å². The van der Waals surface area contributed by atoms with Crippen LogP contribution in [-0.2, 0) is 16.0 Å². The summed E-state index contributed by atoms with van der Waals surface area (Å²) >= 11 is 0. The molecule has 0 unspecified atom stereocenters. The topological polar surface area (TPSA) is 90.5 Å². The van der Waals surface area contributed by atoms with Crippen molar-refractivity contribution in [3.8, 4) is 0 Å². The Morgan fingerprint density at radius 3 is 2.64 bits per heavy atom. The summed E-state index contributed by atoms with van der Waals surface area (Å²) in [5.74, 6) is 1.45. The number of aromatic nitrogens is 2. The van der Waals surface area contributed by atoms with E-state index in [9.17, 15) is 9.59 Å². The van der Waals surface area contributed by atoms with Crippen LogP contribution in [0.15, 0.2) is 6.20 Å². The molecule has 28 heavy (non-hydrogen) atoms. The normalized spacial score (nSPS) is 26.1. The molecule has 0 radical (unpaired) electrons. The molecule has 1 spiro atoms. The fourth-order valence-corrected chi connectivity index (χ4v) is 5.11.